The van der Waals surface area contributed by atoms with Gasteiger partial charge in [0.2, 0.25) is 5.91 Å². The molecule has 0 bridgehead atoms. The van der Waals surface area contributed by atoms with Gasteiger partial charge >= 0.3 is 0 Å². The third kappa shape index (κ3) is 3.87. The molecule has 0 spiro atoms. The van der Waals surface area contributed by atoms with Crippen molar-refractivity contribution in [3.05, 3.63) is 33.8 Å². The largest absolute Gasteiger partial charge is 0.348 e. The van der Waals surface area contributed by atoms with Crippen molar-refractivity contribution < 1.29 is 4.79 Å². The van der Waals surface area contributed by atoms with Crippen LogP contribution in [0.5, 0.6) is 0 Å². The Hall–Kier alpha value is -0.770. The molecule has 0 aromatic heterocycles. The summed E-state index contributed by atoms with van der Waals surface area (Å²) in [5.41, 5.74) is 6.54. The highest BCUT2D eigenvalue weighted by atomic mass is 35.5. The van der Waals surface area contributed by atoms with Crippen molar-refractivity contribution >= 4 is 29.1 Å². The summed E-state index contributed by atoms with van der Waals surface area (Å²) in [6.45, 7) is 3.74. The van der Waals surface area contributed by atoms with Crippen LogP contribution in [0.2, 0.25) is 10.0 Å². The SMILES string of the molecule is CC[C@@H](N)C(=O)NC(C)c1ccc(Cl)c(Cl)c1. The molecule has 0 radical (unpaired) electrons. The minimum atomic E-state index is -0.472. The molecule has 0 heterocycles. The second kappa shape index (κ2) is 6.24. The van der Waals surface area contributed by atoms with Gasteiger partial charge in [-0.15, -0.1) is 0 Å². The van der Waals surface area contributed by atoms with E-state index >= 15 is 0 Å². The number of halogens is 2. The zero-order valence-electron chi connectivity index (χ0n) is 9.84. The predicted octanol–water partition coefficient (Wildman–Crippen LogP) is 2.91. The fourth-order valence-corrected chi connectivity index (χ4v) is 1.68. The van der Waals surface area contributed by atoms with Gasteiger partial charge in [-0.3, -0.25) is 4.79 Å². The minimum absolute atomic E-state index is 0.144. The van der Waals surface area contributed by atoms with Crippen molar-refractivity contribution in [2.45, 2.75) is 32.4 Å². The fraction of sp³-hybridized carbons (Fsp3) is 0.417. The van der Waals surface area contributed by atoms with Crippen molar-refractivity contribution in [3.8, 4) is 0 Å². The number of nitrogens with two attached hydrogens (primary N) is 1. The van der Waals surface area contributed by atoms with Crippen LogP contribution in [-0.2, 0) is 4.79 Å². The highest BCUT2D eigenvalue weighted by molar-refractivity contribution is 6.42. The van der Waals surface area contributed by atoms with Crippen molar-refractivity contribution in [3.63, 3.8) is 0 Å². The van der Waals surface area contributed by atoms with Gasteiger partial charge < -0.3 is 11.1 Å². The Labute approximate surface area is 111 Å². The third-order valence-electron chi connectivity index (χ3n) is 2.58. The molecular formula is C12H16Cl2N2O. The first-order valence-corrected chi connectivity index (χ1v) is 6.22. The van der Waals surface area contributed by atoms with E-state index < -0.39 is 6.04 Å². The Bertz CT molecular complexity index is 409. The summed E-state index contributed by atoms with van der Waals surface area (Å²) in [5.74, 6) is -0.161. The number of carbonyl (C=O) groups excluding carboxylic acids is 1. The number of hydrogen-bond donors (Lipinski definition) is 2. The molecule has 0 saturated heterocycles. The van der Waals surface area contributed by atoms with Crippen molar-refractivity contribution in [1.82, 2.24) is 5.32 Å². The zero-order chi connectivity index (χ0) is 13.0. The zero-order valence-corrected chi connectivity index (χ0v) is 11.3. The maximum Gasteiger partial charge on any atom is 0.237 e. The molecule has 0 fully saturated rings. The van der Waals surface area contributed by atoms with E-state index in [0.717, 1.165) is 5.56 Å². The van der Waals surface area contributed by atoms with Crippen molar-refractivity contribution in [2.24, 2.45) is 5.73 Å². The van der Waals surface area contributed by atoms with Gasteiger partial charge in [0.1, 0.15) is 0 Å². The molecule has 0 aliphatic heterocycles. The minimum Gasteiger partial charge on any atom is -0.348 e. The average Bonchev–Trinajstić information content (AvgIpc) is 2.31. The number of benzene rings is 1. The molecule has 3 nitrogen and oxygen atoms in total. The lowest BCUT2D eigenvalue weighted by atomic mass is 10.1. The van der Waals surface area contributed by atoms with Crippen molar-refractivity contribution in [2.75, 3.05) is 0 Å². The summed E-state index contributed by atoms with van der Waals surface area (Å²) >= 11 is 11.7. The van der Waals surface area contributed by atoms with Crippen LogP contribution in [0.1, 0.15) is 31.9 Å². The first kappa shape index (κ1) is 14.3. The Morgan fingerprint density at radius 3 is 2.59 bits per heavy atom. The first-order valence-electron chi connectivity index (χ1n) is 5.46. The number of rotatable bonds is 4. The Morgan fingerprint density at radius 1 is 1.41 bits per heavy atom. The lowest BCUT2D eigenvalue weighted by molar-refractivity contribution is -0.123. The molecular weight excluding hydrogens is 259 g/mol. The Morgan fingerprint density at radius 2 is 2.06 bits per heavy atom. The quantitative estimate of drug-likeness (QED) is 0.887. The van der Waals surface area contributed by atoms with E-state index in [1.807, 2.05) is 19.9 Å². The van der Waals surface area contributed by atoms with Crippen molar-refractivity contribution in [1.29, 1.82) is 0 Å². The standard InChI is InChI=1S/C12H16Cl2N2O/c1-3-11(15)12(17)16-7(2)8-4-5-9(13)10(14)6-8/h4-7,11H,3,15H2,1-2H3,(H,16,17)/t7?,11-/m1/s1. The van der Waals surface area contributed by atoms with Gasteiger partial charge in [-0.05, 0) is 31.0 Å². The molecule has 1 aromatic rings. The monoisotopic (exact) mass is 274 g/mol. The third-order valence-corrected chi connectivity index (χ3v) is 3.32. The van der Waals surface area contributed by atoms with Crippen LogP contribution in [0.15, 0.2) is 18.2 Å². The molecule has 5 heteroatoms. The molecule has 2 atom stereocenters. The summed E-state index contributed by atoms with van der Waals surface area (Å²) in [4.78, 5) is 11.6. The molecule has 0 aliphatic carbocycles. The van der Waals surface area contributed by atoms with Crippen LogP contribution in [0.3, 0.4) is 0 Å². The van der Waals surface area contributed by atoms with Gasteiger partial charge in [-0.2, -0.15) is 0 Å². The summed E-state index contributed by atoms with van der Waals surface area (Å²) < 4.78 is 0. The van der Waals surface area contributed by atoms with Crippen LogP contribution in [0.25, 0.3) is 0 Å². The number of hydrogen-bond acceptors (Lipinski definition) is 2. The van der Waals surface area contributed by atoms with Gasteiger partial charge in [-0.25, -0.2) is 0 Å². The second-order valence-electron chi connectivity index (χ2n) is 3.92. The molecule has 94 valence electrons. The molecule has 1 aromatic carbocycles. The smallest absolute Gasteiger partial charge is 0.237 e. The average molecular weight is 275 g/mol. The van der Waals surface area contributed by atoms with E-state index in [9.17, 15) is 4.79 Å². The number of carbonyl (C=O) groups is 1. The van der Waals surface area contributed by atoms with Gasteiger partial charge in [0.15, 0.2) is 0 Å². The normalized spacial score (nSPS) is 14.2. The van der Waals surface area contributed by atoms with Crippen LogP contribution in [0.4, 0.5) is 0 Å². The summed E-state index contributed by atoms with van der Waals surface area (Å²) in [7, 11) is 0. The van der Waals surface area contributed by atoms with Gasteiger partial charge in [0, 0.05) is 0 Å². The van der Waals surface area contributed by atoms with Crippen LogP contribution >= 0.6 is 23.2 Å². The van der Waals surface area contributed by atoms with E-state index in [1.54, 1.807) is 12.1 Å². The fourth-order valence-electron chi connectivity index (χ4n) is 1.37. The number of nitrogens with one attached hydrogen (secondary N) is 1. The molecule has 17 heavy (non-hydrogen) atoms. The number of amides is 1. The molecule has 1 amide bonds. The molecule has 1 rings (SSSR count). The molecule has 1 unspecified atom stereocenters. The van der Waals surface area contributed by atoms with Crippen LogP contribution in [-0.4, -0.2) is 11.9 Å². The van der Waals surface area contributed by atoms with Gasteiger partial charge in [0.05, 0.1) is 22.1 Å². The Kier molecular flexibility index (Phi) is 5.25. The van der Waals surface area contributed by atoms with Crippen LogP contribution in [0, 0.1) is 0 Å². The van der Waals surface area contributed by atoms with Crippen LogP contribution < -0.4 is 11.1 Å². The highest BCUT2D eigenvalue weighted by Crippen LogP contribution is 2.25. The van der Waals surface area contributed by atoms with E-state index in [2.05, 4.69) is 5.32 Å². The van der Waals surface area contributed by atoms with E-state index in [0.29, 0.717) is 16.5 Å². The van der Waals surface area contributed by atoms with Gasteiger partial charge in [0.25, 0.3) is 0 Å². The molecule has 3 N–H and O–H groups in total. The van der Waals surface area contributed by atoms with E-state index in [1.165, 1.54) is 0 Å². The lowest BCUT2D eigenvalue weighted by Crippen LogP contribution is -2.41. The summed E-state index contributed by atoms with van der Waals surface area (Å²) in [5, 5.41) is 3.80. The summed E-state index contributed by atoms with van der Waals surface area (Å²) in [6.07, 6.45) is 0.611. The maximum atomic E-state index is 11.6. The lowest BCUT2D eigenvalue weighted by Gasteiger charge is -2.17. The van der Waals surface area contributed by atoms with E-state index in [-0.39, 0.29) is 11.9 Å². The topological polar surface area (TPSA) is 55.1 Å². The first-order chi connectivity index (χ1) is 7.95. The predicted molar refractivity (Wildman–Crippen MR) is 71.3 cm³/mol. The molecule has 0 saturated carbocycles. The molecule has 0 aliphatic rings. The van der Waals surface area contributed by atoms with Gasteiger partial charge in [-0.1, -0.05) is 36.2 Å². The Balaban J connectivity index is 2.73. The highest BCUT2D eigenvalue weighted by Gasteiger charge is 2.15. The maximum absolute atomic E-state index is 11.6. The van der Waals surface area contributed by atoms with E-state index in [4.69, 9.17) is 28.9 Å². The summed E-state index contributed by atoms with van der Waals surface area (Å²) in [6, 6.07) is 4.67. The second-order valence-corrected chi connectivity index (χ2v) is 4.73.